The maximum Gasteiger partial charge on any atom is 0.418 e. The number of ether oxygens (including phenoxy) is 1. The number of alkyl halides is 3. The Kier molecular flexibility index (Phi) is 8.01. The fourth-order valence-electron chi connectivity index (χ4n) is 1.93. The number of rotatable bonds is 9. The Hall–Kier alpha value is -1.64. The molecule has 1 amide bonds. The Morgan fingerprint density at radius 1 is 1.30 bits per heavy atom. The van der Waals surface area contributed by atoms with Crippen molar-refractivity contribution >= 4 is 11.6 Å². The van der Waals surface area contributed by atoms with Crippen LogP contribution in [0.1, 0.15) is 18.9 Å². The number of aliphatic hydroxyl groups excluding tert-OH is 1. The summed E-state index contributed by atoms with van der Waals surface area (Å²) in [5.74, 6) is -0.502. The second-order valence-corrected chi connectivity index (χ2v) is 4.99. The van der Waals surface area contributed by atoms with Crippen LogP contribution in [-0.4, -0.2) is 43.4 Å². The minimum Gasteiger partial charge on any atom is -0.394 e. The van der Waals surface area contributed by atoms with Crippen molar-refractivity contribution in [2.75, 3.05) is 31.7 Å². The normalized spacial score (nSPS) is 12.9. The van der Waals surface area contributed by atoms with E-state index in [2.05, 4.69) is 10.6 Å². The van der Waals surface area contributed by atoms with Crippen molar-refractivity contribution in [3.63, 3.8) is 0 Å². The molecule has 1 aromatic carbocycles. The summed E-state index contributed by atoms with van der Waals surface area (Å²) >= 11 is 0. The molecule has 5 nitrogen and oxygen atoms in total. The molecule has 1 atom stereocenters. The fourth-order valence-corrected chi connectivity index (χ4v) is 1.93. The zero-order valence-corrected chi connectivity index (χ0v) is 12.8. The van der Waals surface area contributed by atoms with Crippen LogP contribution >= 0.6 is 0 Å². The van der Waals surface area contributed by atoms with Crippen LogP contribution in [0.15, 0.2) is 24.3 Å². The molecule has 0 aliphatic heterocycles. The Morgan fingerprint density at radius 2 is 2.00 bits per heavy atom. The van der Waals surface area contributed by atoms with Gasteiger partial charge in [-0.3, -0.25) is 4.79 Å². The molecular weight excluding hydrogens is 313 g/mol. The van der Waals surface area contributed by atoms with Crippen LogP contribution in [0, 0.1) is 0 Å². The number of amides is 1. The van der Waals surface area contributed by atoms with Gasteiger partial charge in [-0.1, -0.05) is 12.1 Å². The third-order valence-electron chi connectivity index (χ3n) is 2.97. The number of para-hydroxylation sites is 1. The van der Waals surface area contributed by atoms with Gasteiger partial charge in [-0.25, -0.2) is 0 Å². The molecule has 0 radical (unpaired) electrons. The molecule has 0 saturated carbocycles. The number of aliphatic hydroxyl groups is 1. The second-order valence-electron chi connectivity index (χ2n) is 4.99. The molecule has 0 aliphatic carbocycles. The number of hydrogen-bond acceptors (Lipinski definition) is 4. The maximum atomic E-state index is 12.8. The van der Waals surface area contributed by atoms with Gasteiger partial charge in [0.15, 0.2) is 0 Å². The lowest BCUT2D eigenvalue weighted by Gasteiger charge is -2.16. The van der Waals surface area contributed by atoms with E-state index in [0.717, 1.165) is 6.07 Å². The highest BCUT2D eigenvalue weighted by Crippen LogP contribution is 2.34. The Balaban J connectivity index is 2.45. The van der Waals surface area contributed by atoms with E-state index < -0.39 is 17.6 Å². The maximum absolute atomic E-state index is 12.8. The van der Waals surface area contributed by atoms with Crippen molar-refractivity contribution in [2.45, 2.75) is 25.6 Å². The van der Waals surface area contributed by atoms with E-state index in [0.29, 0.717) is 13.2 Å². The number of benzene rings is 1. The van der Waals surface area contributed by atoms with Crippen molar-refractivity contribution in [1.29, 1.82) is 0 Å². The summed E-state index contributed by atoms with van der Waals surface area (Å²) in [6.07, 6.45) is -4.48. The van der Waals surface area contributed by atoms with E-state index >= 15 is 0 Å². The van der Waals surface area contributed by atoms with Crippen molar-refractivity contribution in [3.05, 3.63) is 29.8 Å². The van der Waals surface area contributed by atoms with Crippen LogP contribution in [-0.2, 0) is 15.7 Å². The molecule has 1 aromatic rings. The smallest absolute Gasteiger partial charge is 0.394 e. The molecule has 3 N–H and O–H groups in total. The standard InChI is InChI=1S/C15H21F3N2O3/c1-11(19-6-8-23-9-7-21)10-14(22)20-13-5-3-2-4-12(13)15(16,17)18/h2-5,11,19,21H,6-10H2,1H3,(H,20,22). The predicted octanol–water partition coefficient (Wildman–Crippen LogP) is 2.02. The number of carbonyl (C=O) groups excluding carboxylic acids is 1. The van der Waals surface area contributed by atoms with E-state index in [4.69, 9.17) is 9.84 Å². The van der Waals surface area contributed by atoms with Crippen LogP contribution in [0.25, 0.3) is 0 Å². The Morgan fingerprint density at radius 3 is 2.65 bits per heavy atom. The van der Waals surface area contributed by atoms with E-state index in [9.17, 15) is 18.0 Å². The first-order valence-corrected chi connectivity index (χ1v) is 7.22. The van der Waals surface area contributed by atoms with Crippen LogP contribution in [0.3, 0.4) is 0 Å². The lowest BCUT2D eigenvalue weighted by atomic mass is 10.1. The van der Waals surface area contributed by atoms with Crippen molar-refractivity contribution in [3.8, 4) is 0 Å². The van der Waals surface area contributed by atoms with E-state index in [-0.39, 0.29) is 31.4 Å². The molecule has 0 bridgehead atoms. The Labute approximate surface area is 132 Å². The van der Waals surface area contributed by atoms with Gasteiger partial charge in [-0.05, 0) is 19.1 Å². The largest absolute Gasteiger partial charge is 0.418 e. The average molecular weight is 334 g/mol. The zero-order chi connectivity index (χ0) is 17.3. The zero-order valence-electron chi connectivity index (χ0n) is 12.8. The molecule has 1 unspecified atom stereocenters. The number of hydrogen-bond donors (Lipinski definition) is 3. The summed E-state index contributed by atoms with van der Waals surface area (Å²) in [5.41, 5.74) is -1.12. The van der Waals surface area contributed by atoms with Gasteiger partial charge in [-0.15, -0.1) is 0 Å². The summed E-state index contributed by atoms with van der Waals surface area (Å²) < 4.78 is 43.6. The third kappa shape index (κ3) is 7.45. The van der Waals surface area contributed by atoms with Crippen LogP contribution in [0.2, 0.25) is 0 Å². The summed E-state index contributed by atoms with van der Waals surface area (Å²) in [6.45, 7) is 2.79. The molecule has 0 fully saturated rings. The summed E-state index contributed by atoms with van der Waals surface area (Å²) in [7, 11) is 0. The highest BCUT2D eigenvalue weighted by molar-refractivity contribution is 5.92. The van der Waals surface area contributed by atoms with Gasteiger partial charge < -0.3 is 20.5 Å². The third-order valence-corrected chi connectivity index (χ3v) is 2.97. The highest BCUT2D eigenvalue weighted by atomic mass is 19.4. The minimum atomic E-state index is -4.52. The predicted molar refractivity (Wildman–Crippen MR) is 80.1 cm³/mol. The molecule has 1 rings (SSSR count). The van der Waals surface area contributed by atoms with Gasteiger partial charge in [0.05, 0.1) is 31.1 Å². The molecule has 0 aromatic heterocycles. The molecule has 0 saturated heterocycles. The van der Waals surface area contributed by atoms with Gasteiger partial charge in [0, 0.05) is 19.0 Å². The highest BCUT2D eigenvalue weighted by Gasteiger charge is 2.33. The first-order valence-electron chi connectivity index (χ1n) is 7.22. The van der Waals surface area contributed by atoms with Gasteiger partial charge in [-0.2, -0.15) is 13.2 Å². The topological polar surface area (TPSA) is 70.6 Å². The van der Waals surface area contributed by atoms with Crippen molar-refractivity contribution < 1.29 is 27.8 Å². The second kappa shape index (κ2) is 9.49. The summed E-state index contributed by atoms with van der Waals surface area (Å²) in [6, 6.07) is 4.64. The monoisotopic (exact) mass is 334 g/mol. The van der Waals surface area contributed by atoms with Crippen LogP contribution in [0.4, 0.5) is 18.9 Å². The van der Waals surface area contributed by atoms with Gasteiger partial charge >= 0.3 is 6.18 Å². The number of carbonyl (C=O) groups is 1. The van der Waals surface area contributed by atoms with Crippen LogP contribution < -0.4 is 10.6 Å². The number of nitrogens with one attached hydrogen (secondary N) is 2. The molecule has 0 aliphatic rings. The van der Waals surface area contributed by atoms with E-state index in [1.807, 2.05) is 0 Å². The molecular formula is C15H21F3N2O3. The fraction of sp³-hybridized carbons (Fsp3) is 0.533. The lowest BCUT2D eigenvalue weighted by molar-refractivity contribution is -0.137. The van der Waals surface area contributed by atoms with Crippen LogP contribution in [0.5, 0.6) is 0 Å². The van der Waals surface area contributed by atoms with Gasteiger partial charge in [0.25, 0.3) is 0 Å². The van der Waals surface area contributed by atoms with Gasteiger partial charge in [0.1, 0.15) is 0 Å². The molecule has 0 spiro atoms. The number of anilines is 1. The van der Waals surface area contributed by atoms with E-state index in [1.54, 1.807) is 6.92 Å². The van der Waals surface area contributed by atoms with Crippen molar-refractivity contribution in [1.82, 2.24) is 5.32 Å². The minimum absolute atomic E-state index is 0.0339. The summed E-state index contributed by atoms with van der Waals surface area (Å²) in [4.78, 5) is 11.9. The van der Waals surface area contributed by atoms with E-state index in [1.165, 1.54) is 18.2 Å². The quantitative estimate of drug-likeness (QED) is 0.604. The van der Waals surface area contributed by atoms with Crippen molar-refractivity contribution in [2.24, 2.45) is 0 Å². The Bertz CT molecular complexity index is 495. The first-order chi connectivity index (χ1) is 10.8. The molecule has 0 heterocycles. The molecule has 23 heavy (non-hydrogen) atoms. The van der Waals surface area contributed by atoms with Gasteiger partial charge in [0.2, 0.25) is 5.91 Å². The molecule has 8 heteroatoms. The molecule has 130 valence electrons. The summed E-state index contributed by atoms with van der Waals surface area (Å²) in [5, 5.41) is 13.8. The SMILES string of the molecule is CC(CC(=O)Nc1ccccc1C(F)(F)F)NCCOCCO. The number of halogens is 3. The first kappa shape index (κ1) is 19.4. The average Bonchev–Trinajstić information content (AvgIpc) is 2.46. The lowest BCUT2D eigenvalue weighted by Crippen LogP contribution is -2.33.